The molecular formula is C18H19N3O2. The van der Waals surface area contributed by atoms with Gasteiger partial charge in [-0.2, -0.15) is 0 Å². The number of benzene rings is 2. The van der Waals surface area contributed by atoms with Crippen LogP contribution in [0.3, 0.4) is 0 Å². The van der Waals surface area contributed by atoms with Crippen LogP contribution in [-0.4, -0.2) is 34.9 Å². The zero-order valence-electron chi connectivity index (χ0n) is 12.8. The molecule has 1 aromatic heterocycles. The van der Waals surface area contributed by atoms with Crippen molar-refractivity contribution in [3.05, 3.63) is 65.1 Å². The van der Waals surface area contributed by atoms with Crippen LogP contribution in [0.1, 0.15) is 0 Å². The topological polar surface area (TPSA) is 48.2 Å². The minimum Gasteiger partial charge on any atom is -0.374 e. The van der Waals surface area contributed by atoms with E-state index in [9.17, 15) is 4.79 Å². The summed E-state index contributed by atoms with van der Waals surface area (Å²) in [6.07, 6.45) is 0.0245. The Morgan fingerprint density at radius 1 is 1.04 bits per heavy atom. The van der Waals surface area contributed by atoms with Crippen LogP contribution in [0.5, 0.6) is 0 Å². The lowest BCUT2D eigenvalue weighted by atomic mass is 10.2. The van der Waals surface area contributed by atoms with Crippen molar-refractivity contribution in [2.24, 2.45) is 0 Å². The van der Waals surface area contributed by atoms with Gasteiger partial charge < -0.3 is 10.1 Å². The number of hydrogen-bond donors (Lipinski definition) is 1. The third-order valence-electron chi connectivity index (χ3n) is 4.24. The first-order chi connectivity index (χ1) is 11.3. The first-order valence-electron chi connectivity index (χ1n) is 7.92. The molecule has 2 heterocycles. The third-order valence-corrected chi connectivity index (χ3v) is 4.24. The summed E-state index contributed by atoms with van der Waals surface area (Å²) in [6, 6.07) is 17.7. The fraction of sp³-hybridized carbons (Fsp3) is 0.278. The van der Waals surface area contributed by atoms with Crippen molar-refractivity contribution in [1.82, 2.24) is 14.5 Å². The highest BCUT2D eigenvalue weighted by molar-refractivity contribution is 5.78. The summed E-state index contributed by atoms with van der Waals surface area (Å²) < 4.78 is 9.36. The van der Waals surface area contributed by atoms with Gasteiger partial charge in [-0.05, 0) is 24.3 Å². The minimum atomic E-state index is -0.0217. The summed E-state index contributed by atoms with van der Waals surface area (Å²) in [4.78, 5) is 13.0. The monoisotopic (exact) mass is 309 g/mol. The van der Waals surface area contributed by atoms with Crippen LogP contribution in [0.25, 0.3) is 16.7 Å². The van der Waals surface area contributed by atoms with Gasteiger partial charge in [0.05, 0.1) is 36.0 Å². The number of imidazole rings is 1. The largest absolute Gasteiger partial charge is 0.374 e. The van der Waals surface area contributed by atoms with E-state index in [1.807, 2.05) is 59.2 Å². The second-order valence-corrected chi connectivity index (χ2v) is 5.75. The second-order valence-electron chi connectivity index (χ2n) is 5.75. The molecule has 23 heavy (non-hydrogen) atoms. The maximum absolute atomic E-state index is 13.0. The smallest absolute Gasteiger partial charge is 0.333 e. The molecule has 0 radical (unpaired) electrons. The Labute approximate surface area is 134 Å². The van der Waals surface area contributed by atoms with Crippen LogP contribution in [0.4, 0.5) is 0 Å². The Balaban J connectivity index is 1.85. The number of hydrogen-bond acceptors (Lipinski definition) is 3. The van der Waals surface area contributed by atoms with Crippen LogP contribution < -0.4 is 11.0 Å². The van der Waals surface area contributed by atoms with Gasteiger partial charge >= 0.3 is 5.69 Å². The number of nitrogens with zero attached hydrogens (tertiary/aromatic N) is 2. The molecule has 1 N–H and O–H groups in total. The number of morpholine rings is 1. The van der Waals surface area contributed by atoms with Gasteiger partial charge in [0.1, 0.15) is 0 Å². The van der Waals surface area contributed by atoms with E-state index >= 15 is 0 Å². The van der Waals surface area contributed by atoms with Crippen LogP contribution in [-0.2, 0) is 11.3 Å². The molecule has 1 aliphatic rings. The number of rotatable bonds is 3. The molecule has 3 aromatic rings. The normalized spacial score (nSPS) is 18.3. The van der Waals surface area contributed by atoms with Gasteiger partial charge in [0, 0.05) is 13.1 Å². The molecule has 1 aliphatic heterocycles. The van der Waals surface area contributed by atoms with Crippen LogP contribution in [0.2, 0.25) is 0 Å². The summed E-state index contributed by atoms with van der Waals surface area (Å²) in [7, 11) is 0. The Bertz CT molecular complexity index is 861. The molecular weight excluding hydrogens is 290 g/mol. The van der Waals surface area contributed by atoms with E-state index in [-0.39, 0.29) is 11.8 Å². The highest BCUT2D eigenvalue weighted by atomic mass is 16.5. The second kappa shape index (κ2) is 6.02. The molecule has 5 heteroatoms. The molecule has 2 aromatic carbocycles. The zero-order chi connectivity index (χ0) is 15.6. The van der Waals surface area contributed by atoms with Crippen LogP contribution >= 0.6 is 0 Å². The molecule has 0 aliphatic carbocycles. The Hall–Kier alpha value is -2.37. The van der Waals surface area contributed by atoms with Gasteiger partial charge in [0.2, 0.25) is 0 Å². The van der Waals surface area contributed by atoms with Gasteiger partial charge in [-0.1, -0.05) is 30.3 Å². The standard InChI is InChI=1S/C18H19N3O2/c22-18-20(13-15-12-19-10-11-23-15)16-8-4-5-9-17(16)21(18)14-6-2-1-3-7-14/h1-9,15,19H,10-13H2. The molecule has 1 fully saturated rings. The Kier molecular flexibility index (Phi) is 3.73. The van der Waals surface area contributed by atoms with Crippen LogP contribution in [0, 0.1) is 0 Å². The van der Waals surface area contributed by atoms with Crippen molar-refractivity contribution in [3.8, 4) is 5.69 Å². The lowest BCUT2D eigenvalue weighted by Crippen LogP contribution is -2.42. The van der Waals surface area contributed by atoms with Crippen molar-refractivity contribution in [2.45, 2.75) is 12.6 Å². The molecule has 1 saturated heterocycles. The molecule has 0 spiro atoms. The van der Waals surface area contributed by atoms with Gasteiger partial charge in [-0.3, -0.25) is 9.13 Å². The van der Waals surface area contributed by atoms with Crippen molar-refractivity contribution in [3.63, 3.8) is 0 Å². The van der Waals surface area contributed by atoms with E-state index in [0.717, 1.165) is 29.8 Å². The van der Waals surface area contributed by atoms with Crippen molar-refractivity contribution < 1.29 is 4.74 Å². The van der Waals surface area contributed by atoms with Gasteiger partial charge in [0.15, 0.2) is 0 Å². The maximum atomic E-state index is 13.0. The molecule has 0 saturated carbocycles. The molecule has 4 rings (SSSR count). The maximum Gasteiger partial charge on any atom is 0.333 e. The minimum absolute atomic E-state index is 0.0217. The molecule has 5 nitrogen and oxygen atoms in total. The molecule has 118 valence electrons. The molecule has 0 amide bonds. The van der Waals surface area contributed by atoms with Gasteiger partial charge in [-0.25, -0.2) is 4.79 Å². The first kappa shape index (κ1) is 14.2. The average molecular weight is 309 g/mol. The van der Waals surface area contributed by atoms with Gasteiger partial charge in [0.25, 0.3) is 0 Å². The SMILES string of the molecule is O=c1n(CC2CNCCO2)c2ccccc2n1-c1ccccc1. The number of nitrogens with one attached hydrogen (secondary N) is 1. The molecule has 1 atom stereocenters. The summed E-state index contributed by atoms with van der Waals surface area (Å²) in [6.45, 7) is 2.90. The summed E-state index contributed by atoms with van der Waals surface area (Å²) in [5, 5.41) is 3.31. The Morgan fingerprint density at radius 2 is 1.78 bits per heavy atom. The first-order valence-corrected chi connectivity index (χ1v) is 7.92. The van der Waals surface area contributed by atoms with E-state index < -0.39 is 0 Å². The highest BCUT2D eigenvalue weighted by Gasteiger charge is 2.19. The fourth-order valence-electron chi connectivity index (χ4n) is 3.15. The van der Waals surface area contributed by atoms with Crippen molar-refractivity contribution in [2.75, 3.05) is 19.7 Å². The predicted molar refractivity (Wildman–Crippen MR) is 90.1 cm³/mol. The van der Waals surface area contributed by atoms with E-state index in [2.05, 4.69) is 5.32 Å². The highest BCUT2D eigenvalue weighted by Crippen LogP contribution is 2.18. The number of fused-ring (bicyclic) bond motifs is 1. The van der Waals surface area contributed by atoms with E-state index in [1.165, 1.54) is 0 Å². The number of ether oxygens (including phenoxy) is 1. The summed E-state index contributed by atoms with van der Waals surface area (Å²) in [5.74, 6) is 0. The van der Waals surface area contributed by atoms with E-state index in [1.54, 1.807) is 4.57 Å². The lowest BCUT2D eigenvalue weighted by molar-refractivity contribution is 0.0183. The van der Waals surface area contributed by atoms with Crippen molar-refractivity contribution in [1.29, 1.82) is 0 Å². The van der Waals surface area contributed by atoms with Crippen molar-refractivity contribution >= 4 is 11.0 Å². The third kappa shape index (κ3) is 2.58. The average Bonchev–Trinajstić information content (AvgIpc) is 2.89. The molecule has 0 bridgehead atoms. The predicted octanol–water partition coefficient (Wildman–Crippen LogP) is 1.78. The number of para-hydroxylation sites is 3. The summed E-state index contributed by atoms with van der Waals surface area (Å²) >= 11 is 0. The Morgan fingerprint density at radius 3 is 2.52 bits per heavy atom. The lowest BCUT2D eigenvalue weighted by Gasteiger charge is -2.23. The fourth-order valence-corrected chi connectivity index (χ4v) is 3.15. The van der Waals surface area contributed by atoms with E-state index in [4.69, 9.17) is 4.74 Å². The van der Waals surface area contributed by atoms with E-state index in [0.29, 0.717) is 13.2 Å². The van der Waals surface area contributed by atoms with Gasteiger partial charge in [-0.15, -0.1) is 0 Å². The van der Waals surface area contributed by atoms with Crippen LogP contribution in [0.15, 0.2) is 59.4 Å². The number of aromatic nitrogens is 2. The zero-order valence-corrected chi connectivity index (χ0v) is 12.8. The molecule has 1 unspecified atom stereocenters. The quantitative estimate of drug-likeness (QED) is 0.802. The summed E-state index contributed by atoms with van der Waals surface area (Å²) in [5.41, 5.74) is 2.73.